The molecule has 0 radical (unpaired) electrons. The highest BCUT2D eigenvalue weighted by Gasteiger charge is 2.80. The molecule has 1 aliphatic heterocycles. The van der Waals surface area contributed by atoms with Gasteiger partial charge >= 0.3 is 29.8 Å². The van der Waals surface area contributed by atoms with Gasteiger partial charge < -0.3 is 38.6 Å². The fourth-order valence-electron chi connectivity index (χ4n) is 9.60. The van der Waals surface area contributed by atoms with Gasteiger partial charge in [-0.3, -0.25) is 14.4 Å². The second-order valence-corrected chi connectivity index (χ2v) is 15.3. The van der Waals surface area contributed by atoms with Gasteiger partial charge in [0.05, 0.1) is 40.1 Å². The van der Waals surface area contributed by atoms with Gasteiger partial charge in [0.2, 0.25) is 0 Å². The van der Waals surface area contributed by atoms with Crippen molar-refractivity contribution in [1.82, 2.24) is 0 Å². The Hall–Kier alpha value is -4.59. The number of rotatable bonds is 8. The number of hydrogen-bond acceptors (Lipinski definition) is 13. The Morgan fingerprint density at radius 1 is 0.792 bits per heavy atom. The number of esters is 5. The quantitative estimate of drug-likeness (QED) is 0.227. The van der Waals surface area contributed by atoms with Crippen LogP contribution in [0, 0.1) is 16.7 Å². The van der Waals surface area contributed by atoms with E-state index in [2.05, 4.69) is 0 Å². The van der Waals surface area contributed by atoms with E-state index in [1.54, 1.807) is 62.4 Å². The first-order valence-corrected chi connectivity index (χ1v) is 17.7. The van der Waals surface area contributed by atoms with Crippen molar-refractivity contribution in [2.24, 2.45) is 16.7 Å². The minimum atomic E-state index is -1.88. The van der Waals surface area contributed by atoms with Crippen molar-refractivity contribution in [2.75, 3.05) is 6.61 Å². The molecular formula is C40H46O13. The van der Waals surface area contributed by atoms with E-state index in [1.807, 2.05) is 0 Å². The second kappa shape index (κ2) is 13.7. The lowest BCUT2D eigenvalue weighted by Crippen LogP contribution is -2.79. The molecule has 2 N–H and O–H groups in total. The SMILES string of the molecule is CC(=O)O[C@H]1C[C@]2(C(C)(C)O)C(=C1C)[C@@H](O)[C@H](OC(=O)c1ccccc1)[C@@]1(C)C(C2OC(=O)c2ccccc2)[C@]2(OC(C)=O)CO[C@@H]2C[C@@H]1OC(C)=O. The molecule has 1 saturated heterocycles. The average Bonchev–Trinajstić information content (AvgIpc) is 3.35. The van der Waals surface area contributed by atoms with Crippen LogP contribution in [-0.4, -0.2) is 94.5 Å². The van der Waals surface area contributed by atoms with Gasteiger partial charge in [-0.15, -0.1) is 0 Å². The smallest absolute Gasteiger partial charge is 0.338 e. The van der Waals surface area contributed by atoms with Gasteiger partial charge in [0.1, 0.15) is 36.6 Å². The molecule has 4 aliphatic rings. The Bertz CT molecular complexity index is 1820. The van der Waals surface area contributed by atoms with Crippen molar-refractivity contribution in [1.29, 1.82) is 0 Å². The summed E-state index contributed by atoms with van der Waals surface area (Å²) in [5, 5.41) is 25.4. The summed E-state index contributed by atoms with van der Waals surface area (Å²) >= 11 is 0. The lowest BCUT2D eigenvalue weighted by molar-refractivity contribution is -0.351. The van der Waals surface area contributed by atoms with Gasteiger partial charge in [0.15, 0.2) is 5.60 Å². The molecular weight excluding hydrogens is 688 g/mol. The third-order valence-electron chi connectivity index (χ3n) is 11.8. The average molecular weight is 735 g/mol. The number of benzene rings is 2. The molecule has 3 fully saturated rings. The number of carbonyl (C=O) groups is 5. The Labute approximate surface area is 307 Å². The number of fused-ring (bicyclic) bond motifs is 4. The van der Waals surface area contributed by atoms with Crippen LogP contribution in [0.25, 0.3) is 0 Å². The van der Waals surface area contributed by atoms with Crippen molar-refractivity contribution >= 4 is 29.8 Å². The van der Waals surface area contributed by atoms with E-state index in [1.165, 1.54) is 46.8 Å². The van der Waals surface area contributed by atoms with Crippen molar-refractivity contribution in [3.05, 3.63) is 82.9 Å². The molecule has 6 rings (SSSR count). The maximum Gasteiger partial charge on any atom is 0.338 e. The van der Waals surface area contributed by atoms with Crippen LogP contribution in [0.15, 0.2) is 71.8 Å². The standard InChI is InChI=1S/C40H46O13/c1-21-27(49-22(2)41)19-39(37(5,6)47)30(21)31(44)33(51-35(45)25-14-10-8-11-15-25)38(7)28(50-23(3)42)18-29-40(20-48-29,53-24(4)43)32(38)34(39)52-36(46)26-16-12-9-13-17-26/h8-17,27-29,31-34,44,47H,18-20H2,1-7H3/t27-,28-,29+,31+,32?,33-,34?,38+,39-,40-/m0/s1. The Morgan fingerprint density at radius 3 is 1.77 bits per heavy atom. The predicted molar refractivity (Wildman–Crippen MR) is 185 cm³/mol. The monoisotopic (exact) mass is 734 g/mol. The van der Waals surface area contributed by atoms with Gasteiger partial charge in [0.25, 0.3) is 0 Å². The lowest BCUT2D eigenvalue weighted by Gasteiger charge is -2.65. The van der Waals surface area contributed by atoms with E-state index in [9.17, 15) is 34.2 Å². The third kappa shape index (κ3) is 6.12. The minimum absolute atomic E-state index is 0.0467. The maximum atomic E-state index is 14.3. The summed E-state index contributed by atoms with van der Waals surface area (Å²) in [6, 6.07) is 16.2. The molecule has 0 aromatic heterocycles. The van der Waals surface area contributed by atoms with Crippen LogP contribution in [0.3, 0.4) is 0 Å². The summed E-state index contributed by atoms with van der Waals surface area (Å²) in [6.07, 6.45) is -8.24. The zero-order valence-electron chi connectivity index (χ0n) is 30.8. The van der Waals surface area contributed by atoms with Gasteiger partial charge in [0, 0.05) is 33.6 Å². The first kappa shape index (κ1) is 38.1. The highest BCUT2D eigenvalue weighted by molar-refractivity contribution is 5.90. The third-order valence-corrected chi connectivity index (χ3v) is 11.8. The predicted octanol–water partition coefficient (Wildman–Crippen LogP) is 3.88. The van der Waals surface area contributed by atoms with Crippen LogP contribution in [0.5, 0.6) is 0 Å². The number of carbonyl (C=O) groups excluding carboxylic acids is 5. The highest BCUT2D eigenvalue weighted by Crippen LogP contribution is 2.68. The Morgan fingerprint density at radius 2 is 1.32 bits per heavy atom. The summed E-state index contributed by atoms with van der Waals surface area (Å²) in [6.45, 7) is 9.69. The fourth-order valence-corrected chi connectivity index (χ4v) is 9.60. The molecule has 10 atom stereocenters. The van der Waals surface area contributed by atoms with Crippen LogP contribution >= 0.6 is 0 Å². The summed E-state index contributed by atoms with van der Waals surface area (Å²) in [7, 11) is 0. The maximum absolute atomic E-state index is 14.3. The van der Waals surface area contributed by atoms with E-state index in [0.717, 1.165) is 0 Å². The van der Waals surface area contributed by atoms with E-state index >= 15 is 0 Å². The molecule has 13 nitrogen and oxygen atoms in total. The van der Waals surface area contributed by atoms with Crippen LogP contribution in [-0.2, 0) is 42.8 Å². The van der Waals surface area contributed by atoms with Gasteiger partial charge in [-0.1, -0.05) is 43.3 Å². The molecule has 0 bridgehead atoms. The van der Waals surface area contributed by atoms with Gasteiger partial charge in [-0.2, -0.15) is 0 Å². The minimum Gasteiger partial charge on any atom is -0.462 e. The first-order chi connectivity index (χ1) is 24.9. The fraction of sp³-hybridized carbons (Fsp3) is 0.525. The summed E-state index contributed by atoms with van der Waals surface area (Å²) in [4.78, 5) is 66.9. The molecule has 3 aliphatic carbocycles. The number of hydrogen-bond donors (Lipinski definition) is 2. The van der Waals surface area contributed by atoms with Crippen molar-refractivity contribution in [2.45, 2.75) is 109 Å². The molecule has 0 amide bonds. The first-order valence-electron chi connectivity index (χ1n) is 17.7. The number of aliphatic hydroxyl groups is 2. The molecule has 1 heterocycles. The van der Waals surface area contributed by atoms with Crippen molar-refractivity contribution < 1.29 is 62.6 Å². The molecule has 2 aromatic rings. The molecule has 0 spiro atoms. The van der Waals surface area contributed by atoms with Gasteiger partial charge in [-0.05, 0) is 56.2 Å². The Balaban J connectivity index is 1.71. The van der Waals surface area contributed by atoms with E-state index in [-0.39, 0.29) is 36.1 Å². The molecule has 53 heavy (non-hydrogen) atoms. The summed E-state index contributed by atoms with van der Waals surface area (Å²) in [5.41, 5.74) is -6.25. The summed E-state index contributed by atoms with van der Waals surface area (Å²) in [5.74, 6) is -4.96. The van der Waals surface area contributed by atoms with Crippen LogP contribution in [0.4, 0.5) is 0 Å². The molecule has 2 aromatic carbocycles. The Kier molecular flexibility index (Phi) is 9.84. The molecule has 284 valence electrons. The summed E-state index contributed by atoms with van der Waals surface area (Å²) < 4.78 is 37.1. The largest absolute Gasteiger partial charge is 0.462 e. The number of aliphatic hydroxyl groups excluding tert-OH is 1. The zero-order chi connectivity index (χ0) is 38.7. The van der Waals surface area contributed by atoms with Crippen LogP contribution in [0.1, 0.15) is 82.0 Å². The normalized spacial score (nSPS) is 34.5. The van der Waals surface area contributed by atoms with Crippen LogP contribution in [0.2, 0.25) is 0 Å². The molecule has 2 saturated carbocycles. The van der Waals surface area contributed by atoms with Gasteiger partial charge in [-0.25, -0.2) is 9.59 Å². The van der Waals surface area contributed by atoms with Crippen LogP contribution < -0.4 is 0 Å². The highest BCUT2D eigenvalue weighted by atomic mass is 16.6. The van der Waals surface area contributed by atoms with Crippen molar-refractivity contribution in [3.63, 3.8) is 0 Å². The van der Waals surface area contributed by atoms with E-state index in [0.29, 0.717) is 5.57 Å². The molecule has 2 unspecified atom stereocenters. The van der Waals surface area contributed by atoms with Crippen molar-refractivity contribution in [3.8, 4) is 0 Å². The molecule has 13 heteroatoms. The zero-order valence-corrected chi connectivity index (χ0v) is 30.8. The topological polar surface area (TPSA) is 181 Å². The van der Waals surface area contributed by atoms with E-state index < -0.39 is 94.4 Å². The second-order valence-electron chi connectivity index (χ2n) is 15.3. The number of ether oxygens (including phenoxy) is 6. The lowest BCUT2D eigenvalue weighted by atomic mass is 9.49. The van der Waals surface area contributed by atoms with E-state index in [4.69, 9.17) is 28.4 Å².